The third kappa shape index (κ3) is 4.84. The van der Waals surface area contributed by atoms with Crippen LogP contribution < -0.4 is 22.1 Å². The number of hydrogen-bond acceptors (Lipinski definition) is 5. The van der Waals surface area contributed by atoms with Crippen molar-refractivity contribution < 1.29 is 19.2 Å². The number of amides is 4. The normalized spacial score (nSPS) is 10.1. The van der Waals surface area contributed by atoms with Gasteiger partial charge in [-0.25, -0.2) is 0 Å². The Morgan fingerprint density at radius 1 is 0.600 bits per heavy atom. The van der Waals surface area contributed by atoms with Gasteiger partial charge >= 0.3 is 0 Å². The lowest BCUT2D eigenvalue weighted by Crippen LogP contribution is -2.16. The van der Waals surface area contributed by atoms with Crippen molar-refractivity contribution in [3.05, 3.63) is 89.2 Å². The summed E-state index contributed by atoms with van der Waals surface area (Å²) < 4.78 is 0. The highest BCUT2D eigenvalue weighted by atomic mass is 16.2. The lowest BCUT2D eigenvalue weighted by molar-refractivity contribution is 0.0992. The van der Waals surface area contributed by atoms with Gasteiger partial charge in [-0.2, -0.15) is 0 Å². The second-order valence-electron chi connectivity index (χ2n) is 6.22. The molecule has 6 N–H and O–H groups in total. The molecular formula is C21H17N5O4. The minimum Gasteiger partial charge on any atom is -0.366 e. The molecule has 0 fully saturated rings. The molecule has 0 aliphatic heterocycles. The number of carbonyl (C=O) groups is 4. The fourth-order valence-electron chi connectivity index (χ4n) is 2.50. The highest BCUT2D eigenvalue weighted by Crippen LogP contribution is 2.13. The fourth-order valence-corrected chi connectivity index (χ4v) is 2.50. The van der Waals surface area contributed by atoms with Crippen LogP contribution in [0.4, 0.5) is 11.4 Å². The summed E-state index contributed by atoms with van der Waals surface area (Å²) in [6.07, 6.45) is 1.28. The number of carbonyl (C=O) groups excluding carboxylic acids is 4. The highest BCUT2D eigenvalue weighted by molar-refractivity contribution is 6.06. The monoisotopic (exact) mass is 403 g/mol. The molecule has 0 atom stereocenters. The number of aromatic nitrogens is 1. The summed E-state index contributed by atoms with van der Waals surface area (Å²) >= 11 is 0. The van der Waals surface area contributed by atoms with Gasteiger partial charge in [0.25, 0.3) is 11.8 Å². The lowest BCUT2D eigenvalue weighted by Gasteiger charge is -2.07. The van der Waals surface area contributed by atoms with Crippen LogP contribution in [0, 0.1) is 0 Å². The van der Waals surface area contributed by atoms with Crippen LogP contribution in [0.3, 0.4) is 0 Å². The first-order valence-electron chi connectivity index (χ1n) is 8.72. The average Bonchev–Trinajstić information content (AvgIpc) is 2.74. The van der Waals surface area contributed by atoms with Crippen LogP contribution >= 0.6 is 0 Å². The van der Waals surface area contributed by atoms with Gasteiger partial charge in [0.15, 0.2) is 0 Å². The zero-order valence-electron chi connectivity index (χ0n) is 15.6. The van der Waals surface area contributed by atoms with Crippen molar-refractivity contribution in [3.8, 4) is 0 Å². The van der Waals surface area contributed by atoms with Crippen molar-refractivity contribution in [3.63, 3.8) is 0 Å². The van der Waals surface area contributed by atoms with Crippen LogP contribution in [0.5, 0.6) is 0 Å². The van der Waals surface area contributed by atoms with Gasteiger partial charge < -0.3 is 22.1 Å². The maximum absolute atomic E-state index is 12.3. The summed E-state index contributed by atoms with van der Waals surface area (Å²) in [6.45, 7) is 0. The number of nitrogens with one attached hydrogen (secondary N) is 2. The van der Waals surface area contributed by atoms with Crippen LogP contribution in [0.25, 0.3) is 0 Å². The van der Waals surface area contributed by atoms with E-state index in [-0.39, 0.29) is 11.3 Å². The molecule has 1 aromatic heterocycles. The van der Waals surface area contributed by atoms with E-state index in [1.165, 1.54) is 42.6 Å². The molecule has 0 saturated carbocycles. The van der Waals surface area contributed by atoms with Crippen LogP contribution in [-0.2, 0) is 0 Å². The topological polar surface area (TPSA) is 157 Å². The molecule has 0 unspecified atom stereocenters. The SMILES string of the molecule is NC(=O)c1ccc(NC(=O)c2ccc(C(=O)Nc3ccc(C(N)=O)cc3)nc2)cc1. The highest BCUT2D eigenvalue weighted by Gasteiger charge is 2.12. The Labute approximate surface area is 171 Å². The smallest absolute Gasteiger partial charge is 0.274 e. The van der Waals surface area contributed by atoms with Crippen LogP contribution in [-0.4, -0.2) is 28.6 Å². The Balaban J connectivity index is 1.63. The summed E-state index contributed by atoms with van der Waals surface area (Å²) in [5.41, 5.74) is 12.3. The standard InChI is InChI=1S/C21H17N5O4/c22-18(27)12-1-6-15(7-2-12)25-20(29)14-5-10-17(24-11-14)21(30)26-16-8-3-13(4-9-16)19(23)28/h1-11H,(H2,22,27)(H2,23,28)(H,25,29)(H,26,30). The molecule has 0 aliphatic rings. The number of nitrogens with two attached hydrogens (primary N) is 2. The molecule has 4 amide bonds. The second-order valence-corrected chi connectivity index (χ2v) is 6.22. The lowest BCUT2D eigenvalue weighted by atomic mass is 10.2. The Morgan fingerprint density at radius 3 is 1.43 bits per heavy atom. The van der Waals surface area contributed by atoms with E-state index in [4.69, 9.17) is 11.5 Å². The molecular weight excluding hydrogens is 386 g/mol. The van der Waals surface area contributed by atoms with Crippen molar-refractivity contribution in [1.29, 1.82) is 0 Å². The maximum atomic E-state index is 12.3. The van der Waals surface area contributed by atoms with E-state index in [2.05, 4.69) is 15.6 Å². The molecule has 3 rings (SSSR count). The quantitative estimate of drug-likeness (QED) is 0.493. The molecule has 0 spiro atoms. The fraction of sp³-hybridized carbons (Fsp3) is 0. The van der Waals surface area contributed by atoms with Gasteiger partial charge in [0, 0.05) is 28.7 Å². The van der Waals surface area contributed by atoms with Crippen molar-refractivity contribution in [1.82, 2.24) is 4.98 Å². The summed E-state index contributed by atoms with van der Waals surface area (Å²) in [7, 11) is 0. The van der Waals surface area contributed by atoms with E-state index >= 15 is 0 Å². The first kappa shape index (κ1) is 20.2. The molecule has 1 heterocycles. The van der Waals surface area contributed by atoms with Crippen LogP contribution in [0.1, 0.15) is 41.6 Å². The minimum atomic E-state index is -0.563. The Kier molecular flexibility index (Phi) is 5.83. The number of anilines is 2. The summed E-state index contributed by atoms with van der Waals surface area (Å²) in [5.74, 6) is -2.03. The van der Waals surface area contributed by atoms with Gasteiger partial charge in [-0.3, -0.25) is 24.2 Å². The minimum absolute atomic E-state index is 0.108. The van der Waals surface area contributed by atoms with Gasteiger partial charge in [-0.1, -0.05) is 0 Å². The van der Waals surface area contributed by atoms with Gasteiger partial charge in [0.1, 0.15) is 5.69 Å². The molecule has 0 radical (unpaired) electrons. The molecule has 0 saturated heterocycles. The van der Waals surface area contributed by atoms with Crippen molar-refractivity contribution >= 4 is 35.0 Å². The third-order valence-electron chi connectivity index (χ3n) is 4.11. The zero-order chi connectivity index (χ0) is 21.7. The van der Waals surface area contributed by atoms with Crippen molar-refractivity contribution in [2.24, 2.45) is 11.5 Å². The Morgan fingerprint density at radius 2 is 1.03 bits per heavy atom. The maximum Gasteiger partial charge on any atom is 0.274 e. The van der Waals surface area contributed by atoms with E-state index < -0.39 is 23.6 Å². The second kappa shape index (κ2) is 8.65. The van der Waals surface area contributed by atoms with Gasteiger partial charge in [0.05, 0.1) is 5.56 Å². The van der Waals surface area contributed by atoms with E-state index in [0.29, 0.717) is 22.5 Å². The van der Waals surface area contributed by atoms with E-state index in [0.717, 1.165) is 0 Å². The van der Waals surface area contributed by atoms with E-state index in [9.17, 15) is 19.2 Å². The molecule has 150 valence electrons. The average molecular weight is 403 g/mol. The van der Waals surface area contributed by atoms with Crippen LogP contribution in [0.2, 0.25) is 0 Å². The predicted molar refractivity (Wildman–Crippen MR) is 110 cm³/mol. The summed E-state index contributed by atoms with van der Waals surface area (Å²) in [6, 6.07) is 15.1. The van der Waals surface area contributed by atoms with Crippen LogP contribution in [0.15, 0.2) is 66.9 Å². The summed E-state index contributed by atoms with van der Waals surface area (Å²) in [5, 5.41) is 5.29. The summed E-state index contributed by atoms with van der Waals surface area (Å²) in [4.78, 5) is 50.8. The Bertz CT molecular complexity index is 1020. The van der Waals surface area contributed by atoms with E-state index in [1.807, 2.05) is 0 Å². The number of nitrogens with zero attached hydrogens (tertiary/aromatic N) is 1. The molecule has 30 heavy (non-hydrogen) atoms. The van der Waals surface area contributed by atoms with Gasteiger partial charge in [-0.05, 0) is 60.7 Å². The van der Waals surface area contributed by atoms with Gasteiger partial charge in [0.2, 0.25) is 11.8 Å². The third-order valence-corrected chi connectivity index (χ3v) is 4.11. The number of primary amides is 2. The van der Waals surface area contributed by atoms with Crippen molar-refractivity contribution in [2.75, 3.05) is 10.6 Å². The predicted octanol–water partition coefficient (Wildman–Crippen LogP) is 1.78. The first-order chi connectivity index (χ1) is 14.3. The van der Waals surface area contributed by atoms with Gasteiger partial charge in [-0.15, -0.1) is 0 Å². The molecule has 9 nitrogen and oxygen atoms in total. The Hall–Kier alpha value is -4.53. The number of rotatable bonds is 6. The molecule has 9 heteroatoms. The molecule has 0 bridgehead atoms. The van der Waals surface area contributed by atoms with E-state index in [1.54, 1.807) is 24.3 Å². The molecule has 2 aromatic carbocycles. The zero-order valence-corrected chi connectivity index (χ0v) is 15.6. The largest absolute Gasteiger partial charge is 0.366 e. The van der Waals surface area contributed by atoms with Crippen molar-refractivity contribution in [2.45, 2.75) is 0 Å². The number of benzene rings is 2. The molecule has 0 aliphatic carbocycles. The number of pyridine rings is 1. The number of hydrogen-bond donors (Lipinski definition) is 4. The molecule has 3 aromatic rings. The first-order valence-corrected chi connectivity index (χ1v) is 8.72.